The number of aryl methyl sites for hydroxylation is 1. The number of carbonyl (C=O) groups is 1. The number of rotatable bonds is 6. The molecule has 4 heterocycles. The Bertz CT molecular complexity index is 1240. The van der Waals surface area contributed by atoms with Crippen molar-refractivity contribution in [1.29, 1.82) is 0 Å². The highest BCUT2D eigenvalue weighted by Gasteiger charge is 2.42. The summed E-state index contributed by atoms with van der Waals surface area (Å²) in [6.07, 6.45) is 4.11. The van der Waals surface area contributed by atoms with E-state index in [4.69, 9.17) is 21.7 Å². The van der Waals surface area contributed by atoms with E-state index in [0.717, 1.165) is 53.9 Å². The molecule has 0 aliphatic carbocycles. The van der Waals surface area contributed by atoms with Crippen LogP contribution < -0.4 is 5.32 Å². The van der Waals surface area contributed by atoms with Gasteiger partial charge in [0.25, 0.3) is 0 Å². The van der Waals surface area contributed by atoms with Crippen molar-refractivity contribution in [3.63, 3.8) is 0 Å². The second-order valence-electron chi connectivity index (χ2n) is 9.12. The number of nitrogens with one attached hydrogen (secondary N) is 1. The Morgan fingerprint density at radius 2 is 2.09 bits per heavy atom. The Kier molecular flexibility index (Phi) is 6.58. The first kappa shape index (κ1) is 23.5. The normalized spacial score (nSPS) is 21.9. The van der Waals surface area contributed by atoms with Gasteiger partial charge in [0, 0.05) is 36.4 Å². The minimum atomic E-state index is -0.349. The zero-order valence-electron chi connectivity index (χ0n) is 20.2. The summed E-state index contributed by atoms with van der Waals surface area (Å²) in [4.78, 5) is 19.1. The van der Waals surface area contributed by atoms with Gasteiger partial charge in [-0.2, -0.15) is 0 Å². The van der Waals surface area contributed by atoms with E-state index >= 15 is 0 Å². The van der Waals surface area contributed by atoms with Gasteiger partial charge in [-0.25, -0.2) is 4.79 Å². The second-order valence-corrected chi connectivity index (χ2v) is 9.50. The Labute approximate surface area is 211 Å². The zero-order chi connectivity index (χ0) is 24.5. The maximum Gasteiger partial charge on any atom is 0.337 e. The van der Waals surface area contributed by atoms with Crippen LogP contribution >= 0.6 is 12.2 Å². The number of methoxy groups -OCH3 is 1. The van der Waals surface area contributed by atoms with Crippen molar-refractivity contribution in [2.24, 2.45) is 0 Å². The molecule has 2 aliphatic heterocycles. The molecule has 7 nitrogen and oxygen atoms in total. The lowest BCUT2D eigenvalue weighted by atomic mass is 9.96. The maximum absolute atomic E-state index is 12.1. The minimum Gasteiger partial charge on any atom is -0.465 e. The summed E-state index contributed by atoms with van der Waals surface area (Å²) in [5, 5.41) is 4.26. The smallest absolute Gasteiger partial charge is 0.337 e. The van der Waals surface area contributed by atoms with Crippen molar-refractivity contribution >= 4 is 23.3 Å². The number of benzene rings is 1. The van der Waals surface area contributed by atoms with Gasteiger partial charge in [0.2, 0.25) is 0 Å². The van der Waals surface area contributed by atoms with Crippen LogP contribution in [0.3, 0.4) is 0 Å². The standard InChI is InChI=1S/C27H30N4O3S/c1-17-14-22(18(2)31(17)20-9-6-8-19(15-20)26(32)33-3)25-24(23-11-4-5-12-28-23)29-27(35)30(25)16-21-10-7-13-34-21/h4-6,8-9,11-12,14-15,21,24-25H,7,10,13,16H2,1-3H3,(H,29,35)/t21-,24-,25+/m0/s1. The van der Waals surface area contributed by atoms with Crippen LogP contribution in [-0.2, 0) is 9.47 Å². The van der Waals surface area contributed by atoms with Crippen molar-refractivity contribution < 1.29 is 14.3 Å². The van der Waals surface area contributed by atoms with Crippen LogP contribution in [0, 0.1) is 13.8 Å². The Morgan fingerprint density at radius 3 is 2.80 bits per heavy atom. The van der Waals surface area contributed by atoms with Gasteiger partial charge in [-0.15, -0.1) is 0 Å². The van der Waals surface area contributed by atoms with Crippen molar-refractivity contribution in [3.8, 4) is 5.69 Å². The molecule has 1 N–H and O–H groups in total. The largest absolute Gasteiger partial charge is 0.465 e. The van der Waals surface area contributed by atoms with Gasteiger partial charge >= 0.3 is 5.97 Å². The first-order chi connectivity index (χ1) is 17.0. The third-order valence-electron chi connectivity index (χ3n) is 6.94. The van der Waals surface area contributed by atoms with Gasteiger partial charge in [-0.1, -0.05) is 12.1 Å². The highest BCUT2D eigenvalue weighted by Crippen LogP contribution is 2.42. The summed E-state index contributed by atoms with van der Waals surface area (Å²) in [6.45, 7) is 5.75. The molecule has 182 valence electrons. The molecule has 2 saturated heterocycles. The first-order valence-electron chi connectivity index (χ1n) is 11.9. The van der Waals surface area contributed by atoms with Crippen molar-refractivity contribution in [3.05, 3.63) is 82.9 Å². The van der Waals surface area contributed by atoms with E-state index in [9.17, 15) is 4.79 Å². The molecule has 3 aromatic rings. The van der Waals surface area contributed by atoms with Gasteiger partial charge in [0.05, 0.1) is 36.6 Å². The van der Waals surface area contributed by atoms with E-state index in [1.165, 1.54) is 12.7 Å². The van der Waals surface area contributed by atoms with E-state index in [2.05, 4.69) is 39.7 Å². The summed E-state index contributed by atoms with van der Waals surface area (Å²) < 4.78 is 13.1. The molecule has 0 saturated carbocycles. The summed E-state index contributed by atoms with van der Waals surface area (Å²) in [6, 6.07) is 15.6. The molecule has 0 spiro atoms. The van der Waals surface area contributed by atoms with E-state index < -0.39 is 0 Å². The number of pyridine rings is 1. The number of hydrogen-bond donors (Lipinski definition) is 1. The fourth-order valence-corrected chi connectivity index (χ4v) is 5.64. The second kappa shape index (κ2) is 9.79. The van der Waals surface area contributed by atoms with Crippen LogP contribution in [0.1, 0.15) is 57.9 Å². The van der Waals surface area contributed by atoms with E-state index in [1.807, 2.05) is 42.6 Å². The molecule has 3 atom stereocenters. The fourth-order valence-electron chi connectivity index (χ4n) is 5.32. The summed E-state index contributed by atoms with van der Waals surface area (Å²) in [7, 11) is 1.40. The van der Waals surface area contributed by atoms with Gasteiger partial charge in [0.15, 0.2) is 5.11 Å². The van der Waals surface area contributed by atoms with E-state index in [0.29, 0.717) is 5.56 Å². The van der Waals surface area contributed by atoms with E-state index in [-0.39, 0.29) is 24.2 Å². The molecular formula is C27H30N4O3S. The molecule has 0 unspecified atom stereocenters. The molecule has 0 bridgehead atoms. The topological polar surface area (TPSA) is 68.6 Å². The third kappa shape index (κ3) is 4.44. The maximum atomic E-state index is 12.1. The molecule has 8 heteroatoms. The fraction of sp³-hybridized carbons (Fsp3) is 0.370. The zero-order valence-corrected chi connectivity index (χ0v) is 21.0. The molecule has 1 aromatic carbocycles. The van der Waals surface area contributed by atoms with Gasteiger partial charge in [0.1, 0.15) is 0 Å². The number of nitrogens with zero attached hydrogens (tertiary/aromatic N) is 3. The average molecular weight is 491 g/mol. The number of ether oxygens (including phenoxy) is 2. The lowest BCUT2D eigenvalue weighted by molar-refractivity contribution is 0.0600. The highest BCUT2D eigenvalue weighted by atomic mass is 32.1. The first-order valence-corrected chi connectivity index (χ1v) is 12.4. The summed E-state index contributed by atoms with van der Waals surface area (Å²) in [5.41, 5.74) is 5.74. The van der Waals surface area contributed by atoms with Crippen LogP contribution in [0.4, 0.5) is 0 Å². The number of hydrogen-bond acceptors (Lipinski definition) is 5. The third-order valence-corrected chi connectivity index (χ3v) is 7.29. The Balaban J connectivity index is 1.58. The average Bonchev–Trinajstić information content (AvgIpc) is 3.58. The lowest BCUT2D eigenvalue weighted by Crippen LogP contribution is -2.36. The predicted octanol–water partition coefficient (Wildman–Crippen LogP) is 4.43. The molecule has 0 radical (unpaired) electrons. The summed E-state index contributed by atoms with van der Waals surface area (Å²) >= 11 is 5.84. The quantitative estimate of drug-likeness (QED) is 0.405. The molecule has 0 amide bonds. The van der Waals surface area contributed by atoms with Crippen LogP contribution in [0.2, 0.25) is 0 Å². The molecular weight excluding hydrogens is 460 g/mol. The molecule has 35 heavy (non-hydrogen) atoms. The number of carbonyl (C=O) groups excluding carboxylic acids is 1. The van der Waals surface area contributed by atoms with Crippen LogP contribution in [0.15, 0.2) is 54.7 Å². The Hall–Kier alpha value is -3.23. The van der Waals surface area contributed by atoms with Crippen molar-refractivity contribution in [1.82, 2.24) is 19.8 Å². The summed E-state index contributed by atoms with van der Waals surface area (Å²) in [5.74, 6) is -0.349. The van der Waals surface area contributed by atoms with Crippen LogP contribution in [0.25, 0.3) is 5.69 Å². The SMILES string of the molecule is COC(=O)c1cccc(-n2c(C)cc([C@@H]3[C@H](c4ccccn4)NC(=S)N3C[C@@H]3CCCO3)c2C)c1. The van der Waals surface area contributed by atoms with Gasteiger partial charge in [-0.05, 0) is 80.9 Å². The number of esters is 1. The lowest BCUT2D eigenvalue weighted by Gasteiger charge is -2.30. The Morgan fingerprint density at radius 1 is 1.23 bits per heavy atom. The van der Waals surface area contributed by atoms with Gasteiger partial charge in [-0.3, -0.25) is 4.98 Å². The van der Waals surface area contributed by atoms with Crippen molar-refractivity contribution in [2.45, 2.75) is 44.9 Å². The highest BCUT2D eigenvalue weighted by molar-refractivity contribution is 7.80. The molecule has 2 aromatic heterocycles. The monoisotopic (exact) mass is 490 g/mol. The number of thiocarbonyl (C=S) groups is 1. The predicted molar refractivity (Wildman–Crippen MR) is 138 cm³/mol. The van der Waals surface area contributed by atoms with Gasteiger partial charge < -0.3 is 24.3 Å². The molecule has 2 fully saturated rings. The van der Waals surface area contributed by atoms with Crippen molar-refractivity contribution in [2.75, 3.05) is 20.3 Å². The van der Waals surface area contributed by atoms with Crippen LogP contribution in [-0.4, -0.2) is 51.9 Å². The molecule has 5 rings (SSSR count). The number of aromatic nitrogens is 2. The minimum absolute atomic E-state index is 0.0367. The van der Waals surface area contributed by atoms with Crippen LogP contribution in [0.5, 0.6) is 0 Å². The van der Waals surface area contributed by atoms with E-state index in [1.54, 1.807) is 6.07 Å². The molecule has 2 aliphatic rings.